The average Bonchev–Trinajstić information content (AvgIpc) is 2.43. The molecule has 0 amide bonds. The van der Waals surface area contributed by atoms with E-state index in [1.54, 1.807) is 11.8 Å². The summed E-state index contributed by atoms with van der Waals surface area (Å²) in [7, 11) is 4.15. The fraction of sp³-hybridized carbons (Fsp3) is 0.176. The molecule has 0 fully saturated rings. The molecule has 0 heterocycles. The summed E-state index contributed by atoms with van der Waals surface area (Å²) in [5.41, 5.74) is 1.25. The number of likely N-dealkylation sites (N-methyl/N-ethyl adjacent to an activating group) is 1. The first-order chi connectivity index (χ1) is 9.63. The second kappa shape index (κ2) is 7.86. The van der Waals surface area contributed by atoms with E-state index in [1.165, 1.54) is 18.9 Å². The van der Waals surface area contributed by atoms with E-state index in [0.29, 0.717) is 0 Å². The van der Waals surface area contributed by atoms with Crippen molar-refractivity contribution in [3.05, 3.63) is 63.7 Å². The molecule has 104 valence electrons. The SMILES string of the molecule is CN(C)CC=Cc1ccc(Sc2ccc(I)cc2)cc1. The molecule has 3 heteroatoms. The second-order valence-corrected chi connectivity index (χ2v) is 7.18. The highest BCUT2D eigenvalue weighted by atomic mass is 127. The van der Waals surface area contributed by atoms with Crippen LogP contribution in [-0.4, -0.2) is 25.5 Å². The molecular weight excluding hydrogens is 377 g/mol. The molecule has 0 aromatic heterocycles. The zero-order valence-corrected chi connectivity index (χ0v) is 14.7. The number of hydrogen-bond donors (Lipinski definition) is 0. The van der Waals surface area contributed by atoms with Crippen molar-refractivity contribution < 1.29 is 0 Å². The van der Waals surface area contributed by atoms with Crippen LogP contribution in [0.5, 0.6) is 0 Å². The molecule has 0 N–H and O–H groups in total. The van der Waals surface area contributed by atoms with Gasteiger partial charge in [-0.1, -0.05) is 36.0 Å². The van der Waals surface area contributed by atoms with Gasteiger partial charge in [-0.25, -0.2) is 0 Å². The molecule has 1 nitrogen and oxygen atoms in total. The Balaban J connectivity index is 1.97. The molecule has 2 rings (SSSR count). The van der Waals surface area contributed by atoms with E-state index in [2.05, 4.69) is 102 Å². The first-order valence-corrected chi connectivity index (χ1v) is 8.38. The molecule has 0 atom stereocenters. The van der Waals surface area contributed by atoms with Gasteiger partial charge in [0.05, 0.1) is 0 Å². The van der Waals surface area contributed by atoms with Crippen molar-refractivity contribution in [1.82, 2.24) is 4.90 Å². The second-order valence-electron chi connectivity index (χ2n) is 4.79. The quantitative estimate of drug-likeness (QED) is 0.655. The Hall–Kier alpha value is -0.780. The maximum absolute atomic E-state index is 2.33. The topological polar surface area (TPSA) is 3.24 Å². The van der Waals surface area contributed by atoms with Crippen LogP contribution in [0, 0.1) is 3.57 Å². The number of hydrogen-bond acceptors (Lipinski definition) is 2. The molecule has 0 saturated heterocycles. The van der Waals surface area contributed by atoms with E-state index in [-0.39, 0.29) is 0 Å². The summed E-state index contributed by atoms with van der Waals surface area (Å²) in [5, 5.41) is 0. The van der Waals surface area contributed by atoms with E-state index >= 15 is 0 Å². The average molecular weight is 395 g/mol. The van der Waals surface area contributed by atoms with Crippen molar-refractivity contribution in [2.24, 2.45) is 0 Å². The monoisotopic (exact) mass is 395 g/mol. The molecule has 0 aliphatic carbocycles. The van der Waals surface area contributed by atoms with Gasteiger partial charge >= 0.3 is 0 Å². The van der Waals surface area contributed by atoms with Crippen LogP contribution >= 0.6 is 34.4 Å². The maximum atomic E-state index is 2.33. The minimum Gasteiger partial charge on any atom is -0.306 e. The molecule has 0 bridgehead atoms. The zero-order chi connectivity index (χ0) is 14.4. The fourth-order valence-corrected chi connectivity index (χ4v) is 2.86. The predicted octanol–water partition coefficient (Wildman–Crippen LogP) is 5.02. The zero-order valence-electron chi connectivity index (χ0n) is 11.7. The van der Waals surface area contributed by atoms with Crippen molar-refractivity contribution in [1.29, 1.82) is 0 Å². The smallest absolute Gasteiger partial charge is 0.0160 e. The van der Waals surface area contributed by atoms with Gasteiger partial charge in [0.15, 0.2) is 0 Å². The lowest BCUT2D eigenvalue weighted by Gasteiger charge is -2.04. The number of rotatable bonds is 5. The van der Waals surface area contributed by atoms with Gasteiger partial charge < -0.3 is 4.90 Å². The Kier molecular flexibility index (Phi) is 6.13. The van der Waals surface area contributed by atoms with Crippen LogP contribution in [0.4, 0.5) is 0 Å². The van der Waals surface area contributed by atoms with Crippen LogP contribution in [0.1, 0.15) is 5.56 Å². The van der Waals surface area contributed by atoms with Crippen molar-refractivity contribution in [2.45, 2.75) is 9.79 Å². The molecule has 0 spiro atoms. The van der Waals surface area contributed by atoms with Crippen molar-refractivity contribution in [3.8, 4) is 0 Å². The highest BCUT2D eigenvalue weighted by Gasteiger charge is 1.97. The summed E-state index contributed by atoms with van der Waals surface area (Å²) in [6.07, 6.45) is 4.35. The van der Waals surface area contributed by atoms with Crippen LogP contribution in [0.3, 0.4) is 0 Å². The molecule has 0 unspecified atom stereocenters. The van der Waals surface area contributed by atoms with E-state index in [0.717, 1.165) is 6.54 Å². The highest BCUT2D eigenvalue weighted by Crippen LogP contribution is 2.28. The molecule has 2 aromatic rings. The Morgan fingerprint density at radius 2 is 1.50 bits per heavy atom. The number of nitrogens with zero attached hydrogens (tertiary/aromatic N) is 1. The van der Waals surface area contributed by atoms with E-state index in [4.69, 9.17) is 0 Å². The number of benzene rings is 2. The van der Waals surface area contributed by atoms with Crippen molar-refractivity contribution in [3.63, 3.8) is 0 Å². The third kappa shape index (κ3) is 5.31. The summed E-state index contributed by atoms with van der Waals surface area (Å²) >= 11 is 4.13. The van der Waals surface area contributed by atoms with Crippen LogP contribution in [-0.2, 0) is 0 Å². The predicted molar refractivity (Wildman–Crippen MR) is 97.3 cm³/mol. The van der Waals surface area contributed by atoms with E-state index in [1.807, 2.05) is 0 Å². The first kappa shape index (κ1) is 15.6. The largest absolute Gasteiger partial charge is 0.306 e. The van der Waals surface area contributed by atoms with Gasteiger partial charge in [0, 0.05) is 19.9 Å². The Morgan fingerprint density at radius 1 is 0.950 bits per heavy atom. The summed E-state index contributed by atoms with van der Waals surface area (Å²) in [5.74, 6) is 0. The van der Waals surface area contributed by atoms with Crippen LogP contribution in [0.2, 0.25) is 0 Å². The molecule has 2 aromatic carbocycles. The lowest BCUT2D eigenvalue weighted by molar-refractivity contribution is 0.457. The Bertz CT molecular complexity index is 559. The van der Waals surface area contributed by atoms with Gasteiger partial charge in [-0.05, 0) is 78.6 Å². The van der Waals surface area contributed by atoms with Gasteiger partial charge in [-0.3, -0.25) is 0 Å². The molecule has 0 saturated carbocycles. The highest BCUT2D eigenvalue weighted by molar-refractivity contribution is 14.1. The van der Waals surface area contributed by atoms with E-state index in [9.17, 15) is 0 Å². The minimum atomic E-state index is 0.971. The third-order valence-electron chi connectivity index (χ3n) is 2.71. The molecule has 0 aliphatic heterocycles. The molecule has 0 aliphatic rings. The fourth-order valence-electron chi connectivity index (χ4n) is 1.69. The van der Waals surface area contributed by atoms with Crippen molar-refractivity contribution in [2.75, 3.05) is 20.6 Å². The third-order valence-corrected chi connectivity index (χ3v) is 4.45. The minimum absolute atomic E-state index is 0.971. The van der Waals surface area contributed by atoms with Crippen LogP contribution < -0.4 is 0 Å². The standard InChI is InChI=1S/C17H18INS/c1-19(2)13-3-4-14-5-9-16(10-6-14)20-17-11-7-15(18)8-12-17/h3-12H,13H2,1-2H3. The summed E-state index contributed by atoms with van der Waals surface area (Å²) < 4.78 is 1.27. The van der Waals surface area contributed by atoms with Gasteiger partial charge in [-0.15, -0.1) is 0 Å². The first-order valence-electron chi connectivity index (χ1n) is 6.48. The molecule has 0 radical (unpaired) electrons. The van der Waals surface area contributed by atoms with Crippen molar-refractivity contribution >= 4 is 40.4 Å². The van der Waals surface area contributed by atoms with E-state index < -0.39 is 0 Å². The van der Waals surface area contributed by atoms with Crippen LogP contribution in [0.25, 0.3) is 6.08 Å². The Morgan fingerprint density at radius 3 is 2.05 bits per heavy atom. The van der Waals surface area contributed by atoms with Crippen LogP contribution in [0.15, 0.2) is 64.4 Å². The maximum Gasteiger partial charge on any atom is 0.0160 e. The lowest BCUT2D eigenvalue weighted by atomic mass is 10.2. The van der Waals surface area contributed by atoms with Gasteiger partial charge in [-0.2, -0.15) is 0 Å². The van der Waals surface area contributed by atoms with Gasteiger partial charge in [0.25, 0.3) is 0 Å². The van der Waals surface area contributed by atoms with Gasteiger partial charge in [0.2, 0.25) is 0 Å². The summed E-state index contributed by atoms with van der Waals surface area (Å²) in [6.45, 7) is 0.971. The molecule has 20 heavy (non-hydrogen) atoms. The normalized spacial score (nSPS) is 11.4. The number of halogens is 1. The summed E-state index contributed by atoms with van der Waals surface area (Å²) in [6, 6.07) is 17.3. The summed E-state index contributed by atoms with van der Waals surface area (Å²) in [4.78, 5) is 4.70. The van der Waals surface area contributed by atoms with Gasteiger partial charge in [0.1, 0.15) is 0 Å². The Labute approximate surface area is 139 Å². The molecular formula is C17H18INS. The lowest BCUT2D eigenvalue weighted by Crippen LogP contribution is -2.10.